The van der Waals surface area contributed by atoms with Gasteiger partial charge in [0.15, 0.2) is 0 Å². The molecule has 3 rings (SSSR count). The Bertz CT molecular complexity index is 1260. The van der Waals surface area contributed by atoms with Crippen molar-refractivity contribution < 1.29 is 14.3 Å². The second-order valence-electron chi connectivity index (χ2n) is 6.47. The van der Waals surface area contributed by atoms with Crippen LogP contribution in [0.4, 0.5) is 0 Å². The number of aromatic nitrogens is 2. The van der Waals surface area contributed by atoms with Crippen LogP contribution in [0.5, 0.6) is 11.6 Å². The van der Waals surface area contributed by atoms with Gasteiger partial charge in [0.25, 0.3) is 11.5 Å². The number of carbonyl (C=O) groups excluding carboxylic acids is 1. The van der Waals surface area contributed by atoms with Crippen LogP contribution < -0.4 is 15.6 Å². The van der Waals surface area contributed by atoms with Gasteiger partial charge in [0, 0.05) is 19.9 Å². The molecule has 0 saturated carbocycles. The minimum absolute atomic E-state index is 0.0542. The maximum Gasteiger partial charge on any atom is 0.269 e. The highest BCUT2D eigenvalue weighted by Crippen LogP contribution is 2.30. The van der Waals surface area contributed by atoms with E-state index in [-0.39, 0.29) is 35.9 Å². The van der Waals surface area contributed by atoms with E-state index >= 15 is 0 Å². The SMILES string of the molecule is COCCNC(=O)C(C#N)=Cc1c(Oc2ccccc2Cl)nc2c(C)cccn2c1=O. The van der Waals surface area contributed by atoms with Crippen LogP contribution in [0, 0.1) is 18.3 Å². The van der Waals surface area contributed by atoms with E-state index in [0.717, 1.165) is 5.56 Å². The first kappa shape index (κ1) is 22.0. The minimum atomic E-state index is -0.642. The Morgan fingerprint density at radius 1 is 1.32 bits per heavy atom. The molecule has 0 aliphatic rings. The Morgan fingerprint density at radius 3 is 2.81 bits per heavy atom. The molecular formula is C22H19ClN4O4. The first-order chi connectivity index (χ1) is 15.0. The molecule has 2 heterocycles. The molecule has 1 N–H and O–H groups in total. The number of pyridine rings is 1. The largest absolute Gasteiger partial charge is 0.437 e. The van der Waals surface area contributed by atoms with Crippen LogP contribution in [-0.2, 0) is 9.53 Å². The van der Waals surface area contributed by atoms with Crippen molar-refractivity contribution in [2.24, 2.45) is 0 Å². The first-order valence-corrected chi connectivity index (χ1v) is 9.67. The third-order valence-electron chi connectivity index (χ3n) is 4.34. The number of ether oxygens (including phenoxy) is 2. The molecule has 0 saturated heterocycles. The fourth-order valence-electron chi connectivity index (χ4n) is 2.78. The monoisotopic (exact) mass is 438 g/mol. The lowest BCUT2D eigenvalue weighted by Crippen LogP contribution is -2.28. The molecule has 1 amide bonds. The molecule has 158 valence electrons. The molecule has 2 aromatic heterocycles. The van der Waals surface area contributed by atoms with E-state index in [9.17, 15) is 14.9 Å². The van der Waals surface area contributed by atoms with Gasteiger partial charge in [-0.25, -0.2) is 0 Å². The average molecular weight is 439 g/mol. The number of carbonyl (C=O) groups is 1. The van der Waals surface area contributed by atoms with E-state index in [0.29, 0.717) is 10.7 Å². The summed E-state index contributed by atoms with van der Waals surface area (Å²) in [5, 5.41) is 12.4. The first-order valence-electron chi connectivity index (χ1n) is 9.29. The van der Waals surface area contributed by atoms with Crippen LogP contribution in [-0.4, -0.2) is 35.6 Å². The summed E-state index contributed by atoms with van der Waals surface area (Å²) in [6, 6.07) is 12.0. The summed E-state index contributed by atoms with van der Waals surface area (Å²) >= 11 is 6.19. The Balaban J connectivity index is 2.17. The predicted octanol–water partition coefficient (Wildman–Crippen LogP) is 3.12. The zero-order valence-corrected chi connectivity index (χ0v) is 17.6. The van der Waals surface area contributed by atoms with Gasteiger partial charge in [-0.1, -0.05) is 29.8 Å². The van der Waals surface area contributed by atoms with Gasteiger partial charge in [0.1, 0.15) is 28.6 Å². The van der Waals surface area contributed by atoms with E-state index in [1.54, 1.807) is 49.5 Å². The molecular weight excluding hydrogens is 420 g/mol. The summed E-state index contributed by atoms with van der Waals surface area (Å²) < 4.78 is 12.1. The van der Waals surface area contributed by atoms with Gasteiger partial charge in [-0.3, -0.25) is 14.0 Å². The van der Waals surface area contributed by atoms with Crippen molar-refractivity contribution in [2.45, 2.75) is 6.92 Å². The van der Waals surface area contributed by atoms with Crippen LogP contribution in [0.2, 0.25) is 5.02 Å². The van der Waals surface area contributed by atoms with Crippen LogP contribution >= 0.6 is 11.6 Å². The maximum atomic E-state index is 13.2. The third kappa shape index (κ3) is 4.91. The summed E-state index contributed by atoms with van der Waals surface area (Å²) in [4.78, 5) is 30.0. The Labute approximate surface area is 183 Å². The maximum absolute atomic E-state index is 13.2. The number of para-hydroxylation sites is 1. The van der Waals surface area contributed by atoms with Gasteiger partial charge >= 0.3 is 0 Å². The van der Waals surface area contributed by atoms with Gasteiger partial charge in [0.05, 0.1) is 11.6 Å². The molecule has 9 heteroatoms. The quantitative estimate of drug-likeness (QED) is 0.345. The number of hydrogen-bond acceptors (Lipinski definition) is 6. The molecule has 0 bridgehead atoms. The third-order valence-corrected chi connectivity index (χ3v) is 4.65. The second kappa shape index (κ2) is 9.89. The number of rotatable bonds is 7. The summed E-state index contributed by atoms with van der Waals surface area (Å²) in [5.41, 5.74) is 0.313. The minimum Gasteiger partial charge on any atom is -0.437 e. The van der Waals surface area contributed by atoms with Gasteiger partial charge in [-0.2, -0.15) is 10.2 Å². The van der Waals surface area contributed by atoms with Crippen LogP contribution in [0.25, 0.3) is 11.7 Å². The summed E-state index contributed by atoms with van der Waals surface area (Å²) in [5.74, 6) is -0.423. The Morgan fingerprint density at radius 2 is 2.10 bits per heavy atom. The number of benzene rings is 1. The van der Waals surface area contributed by atoms with Crippen molar-refractivity contribution in [3.8, 4) is 17.7 Å². The van der Waals surface area contributed by atoms with Crippen molar-refractivity contribution in [1.29, 1.82) is 5.26 Å². The van der Waals surface area contributed by atoms with Gasteiger partial charge in [-0.05, 0) is 36.8 Å². The number of halogens is 1. The number of methoxy groups -OCH3 is 1. The molecule has 0 fully saturated rings. The van der Waals surface area contributed by atoms with Crippen molar-refractivity contribution in [3.05, 3.63) is 74.7 Å². The fraction of sp³-hybridized carbons (Fsp3) is 0.182. The van der Waals surface area contributed by atoms with E-state index < -0.39 is 11.5 Å². The fourth-order valence-corrected chi connectivity index (χ4v) is 2.95. The molecule has 3 aromatic rings. The number of amides is 1. The molecule has 0 atom stereocenters. The summed E-state index contributed by atoms with van der Waals surface area (Å²) in [7, 11) is 1.50. The predicted molar refractivity (Wildman–Crippen MR) is 116 cm³/mol. The van der Waals surface area contributed by atoms with E-state index in [1.807, 2.05) is 6.07 Å². The van der Waals surface area contributed by atoms with Gasteiger partial charge < -0.3 is 14.8 Å². The molecule has 0 aliphatic carbocycles. The number of aryl methyl sites for hydroxylation is 1. The normalized spacial score (nSPS) is 11.2. The highest BCUT2D eigenvalue weighted by Gasteiger charge is 2.18. The Kier molecular flexibility index (Phi) is 7.03. The van der Waals surface area contributed by atoms with Crippen LogP contribution in [0.3, 0.4) is 0 Å². The molecule has 8 nitrogen and oxygen atoms in total. The number of hydrogen-bond donors (Lipinski definition) is 1. The van der Waals surface area contributed by atoms with Crippen molar-refractivity contribution in [3.63, 3.8) is 0 Å². The van der Waals surface area contributed by atoms with Crippen molar-refractivity contribution in [1.82, 2.24) is 14.7 Å². The molecule has 0 aliphatic heterocycles. The molecule has 0 unspecified atom stereocenters. The summed E-state index contributed by atoms with van der Waals surface area (Å²) in [6.45, 7) is 2.30. The zero-order chi connectivity index (χ0) is 22.4. The number of nitrogens with one attached hydrogen (secondary N) is 1. The smallest absolute Gasteiger partial charge is 0.269 e. The van der Waals surface area contributed by atoms with Crippen LogP contribution in [0.1, 0.15) is 11.1 Å². The zero-order valence-electron chi connectivity index (χ0n) is 16.9. The van der Waals surface area contributed by atoms with E-state index in [1.165, 1.54) is 17.6 Å². The lowest BCUT2D eigenvalue weighted by atomic mass is 10.1. The van der Waals surface area contributed by atoms with E-state index in [4.69, 9.17) is 21.1 Å². The van der Waals surface area contributed by atoms with Crippen LogP contribution in [0.15, 0.2) is 53.0 Å². The molecule has 0 spiro atoms. The summed E-state index contributed by atoms with van der Waals surface area (Å²) in [6.07, 6.45) is 2.72. The number of fused-ring (bicyclic) bond motifs is 1. The van der Waals surface area contributed by atoms with Crippen molar-refractivity contribution in [2.75, 3.05) is 20.3 Å². The molecule has 31 heavy (non-hydrogen) atoms. The second-order valence-corrected chi connectivity index (χ2v) is 6.88. The number of nitriles is 1. The lowest BCUT2D eigenvalue weighted by Gasteiger charge is -2.12. The Hall–Kier alpha value is -3.67. The lowest BCUT2D eigenvalue weighted by molar-refractivity contribution is -0.117. The van der Waals surface area contributed by atoms with Crippen molar-refractivity contribution >= 4 is 29.2 Å². The highest BCUT2D eigenvalue weighted by atomic mass is 35.5. The average Bonchev–Trinajstić information content (AvgIpc) is 2.76. The standard InChI is InChI=1S/C22H19ClN4O4/c1-14-6-5-10-27-19(14)26-21(31-18-8-4-3-7-17(18)23)16(22(27)29)12-15(13-24)20(28)25-9-11-30-2/h3-8,10,12H,9,11H2,1-2H3,(H,25,28). The highest BCUT2D eigenvalue weighted by molar-refractivity contribution is 6.32. The van der Waals surface area contributed by atoms with E-state index in [2.05, 4.69) is 10.3 Å². The van der Waals surface area contributed by atoms with Gasteiger partial charge in [-0.15, -0.1) is 0 Å². The topological polar surface area (TPSA) is 106 Å². The number of nitrogens with zero attached hydrogens (tertiary/aromatic N) is 3. The molecule has 1 aromatic carbocycles. The van der Waals surface area contributed by atoms with Gasteiger partial charge in [0.2, 0.25) is 5.88 Å². The molecule has 0 radical (unpaired) electrons.